The Labute approximate surface area is 163 Å². The van der Waals surface area contributed by atoms with E-state index in [2.05, 4.69) is 10.2 Å². The van der Waals surface area contributed by atoms with E-state index in [9.17, 15) is 9.59 Å². The Morgan fingerprint density at radius 2 is 1.77 bits per heavy atom. The minimum absolute atomic E-state index is 0.0571. The van der Waals surface area contributed by atoms with E-state index < -0.39 is 0 Å². The first-order valence-corrected chi connectivity index (χ1v) is 10.1. The van der Waals surface area contributed by atoms with Gasteiger partial charge in [-0.15, -0.1) is 11.3 Å². The number of carbonyl (C=O) groups is 2. The zero-order valence-corrected chi connectivity index (χ0v) is 16.7. The molecule has 6 heteroatoms. The molecule has 0 aliphatic carbocycles. The highest BCUT2D eigenvalue weighted by Gasteiger charge is 2.23. The minimum Gasteiger partial charge on any atom is -0.316 e. The fraction of sp³-hybridized carbons (Fsp3) is 0.400. The Kier molecular flexibility index (Phi) is 6.12. The summed E-state index contributed by atoms with van der Waals surface area (Å²) in [5, 5.41) is 4.21. The number of amides is 1. The van der Waals surface area contributed by atoms with E-state index in [0.29, 0.717) is 27.7 Å². The average molecular weight is 391 g/mol. The summed E-state index contributed by atoms with van der Waals surface area (Å²) in [5.41, 5.74) is 2.08. The normalized spacial score (nSPS) is 15.0. The number of ketones is 1. The van der Waals surface area contributed by atoms with Crippen molar-refractivity contribution in [1.29, 1.82) is 0 Å². The Balaban J connectivity index is 1.79. The van der Waals surface area contributed by atoms with Crippen LogP contribution in [0, 0.1) is 13.8 Å². The van der Waals surface area contributed by atoms with Gasteiger partial charge in [0.1, 0.15) is 5.00 Å². The van der Waals surface area contributed by atoms with Crippen molar-refractivity contribution >= 4 is 39.6 Å². The van der Waals surface area contributed by atoms with E-state index in [4.69, 9.17) is 11.6 Å². The summed E-state index contributed by atoms with van der Waals surface area (Å²) in [6.07, 6.45) is 3.52. The van der Waals surface area contributed by atoms with Crippen LogP contribution >= 0.6 is 22.9 Å². The molecule has 26 heavy (non-hydrogen) atoms. The molecule has 1 aliphatic rings. The van der Waals surface area contributed by atoms with Gasteiger partial charge in [-0.3, -0.25) is 14.5 Å². The molecule has 1 amide bonds. The fourth-order valence-electron chi connectivity index (χ4n) is 3.22. The van der Waals surface area contributed by atoms with Gasteiger partial charge in [0, 0.05) is 15.5 Å². The molecule has 3 rings (SSSR count). The highest BCUT2D eigenvalue weighted by atomic mass is 35.5. The third-order valence-corrected chi connectivity index (χ3v) is 6.16. The summed E-state index contributed by atoms with van der Waals surface area (Å²) in [6.45, 7) is 6.21. The third-order valence-electron chi connectivity index (χ3n) is 4.79. The van der Waals surface area contributed by atoms with Crippen LogP contribution in [0.3, 0.4) is 0 Å². The van der Waals surface area contributed by atoms with Crippen molar-refractivity contribution in [2.75, 3.05) is 25.0 Å². The first-order valence-electron chi connectivity index (χ1n) is 8.88. The molecule has 0 spiro atoms. The van der Waals surface area contributed by atoms with Crippen molar-refractivity contribution in [3.8, 4) is 0 Å². The number of carbonyl (C=O) groups excluding carboxylic acids is 2. The highest BCUT2D eigenvalue weighted by molar-refractivity contribution is 7.16. The number of hydrogen-bond donors (Lipinski definition) is 1. The van der Waals surface area contributed by atoms with E-state index >= 15 is 0 Å². The van der Waals surface area contributed by atoms with Gasteiger partial charge in [0.25, 0.3) is 0 Å². The molecule has 1 aliphatic heterocycles. The van der Waals surface area contributed by atoms with Crippen molar-refractivity contribution in [2.24, 2.45) is 0 Å². The molecule has 0 saturated carbocycles. The molecule has 0 atom stereocenters. The molecule has 0 radical (unpaired) electrons. The predicted octanol–water partition coefficient (Wildman–Crippen LogP) is 4.67. The molecular weight excluding hydrogens is 368 g/mol. The fourth-order valence-corrected chi connectivity index (χ4v) is 4.42. The van der Waals surface area contributed by atoms with Gasteiger partial charge in [-0.2, -0.15) is 0 Å². The number of likely N-dealkylation sites (tertiary alicyclic amines) is 1. The Morgan fingerprint density at radius 3 is 2.42 bits per heavy atom. The van der Waals surface area contributed by atoms with Gasteiger partial charge < -0.3 is 5.32 Å². The van der Waals surface area contributed by atoms with Crippen molar-refractivity contribution in [3.05, 3.63) is 50.9 Å². The molecule has 0 unspecified atom stereocenters. The van der Waals surface area contributed by atoms with Gasteiger partial charge in [-0.1, -0.05) is 18.0 Å². The van der Waals surface area contributed by atoms with E-state index in [1.165, 1.54) is 17.8 Å². The van der Waals surface area contributed by atoms with Gasteiger partial charge in [-0.25, -0.2) is 0 Å². The first kappa shape index (κ1) is 19.1. The SMILES string of the molecule is Cc1sc(NC(=O)CN2CCCCC2)c(C(=O)c2ccc(Cl)cc2)c1C. The lowest BCUT2D eigenvalue weighted by Crippen LogP contribution is -2.36. The predicted molar refractivity (Wildman–Crippen MR) is 108 cm³/mol. The van der Waals surface area contributed by atoms with Crippen LogP contribution in [0.1, 0.15) is 45.6 Å². The van der Waals surface area contributed by atoms with Crippen LogP contribution in [-0.4, -0.2) is 36.2 Å². The maximum Gasteiger partial charge on any atom is 0.239 e. The molecule has 2 aromatic rings. The second-order valence-electron chi connectivity index (χ2n) is 6.71. The zero-order chi connectivity index (χ0) is 18.7. The number of halogens is 1. The lowest BCUT2D eigenvalue weighted by Gasteiger charge is -2.25. The van der Waals surface area contributed by atoms with E-state index in [1.54, 1.807) is 24.3 Å². The van der Waals surface area contributed by atoms with Crippen molar-refractivity contribution < 1.29 is 9.59 Å². The largest absolute Gasteiger partial charge is 0.316 e. The molecule has 0 bridgehead atoms. The summed E-state index contributed by atoms with van der Waals surface area (Å²) in [4.78, 5) is 28.7. The van der Waals surface area contributed by atoms with Crippen LogP contribution in [-0.2, 0) is 4.79 Å². The monoisotopic (exact) mass is 390 g/mol. The molecule has 1 aromatic heterocycles. The summed E-state index contributed by atoms with van der Waals surface area (Å²) >= 11 is 7.38. The summed E-state index contributed by atoms with van der Waals surface area (Å²) in [5.74, 6) is -0.143. The molecule has 1 N–H and O–H groups in total. The summed E-state index contributed by atoms with van der Waals surface area (Å²) < 4.78 is 0. The van der Waals surface area contributed by atoms with Crippen LogP contribution in [0.4, 0.5) is 5.00 Å². The smallest absolute Gasteiger partial charge is 0.239 e. The molecule has 1 aromatic carbocycles. The average Bonchev–Trinajstić information content (AvgIpc) is 2.89. The summed E-state index contributed by atoms with van der Waals surface area (Å²) in [7, 11) is 0. The number of nitrogens with zero attached hydrogens (tertiary/aromatic N) is 1. The highest BCUT2D eigenvalue weighted by Crippen LogP contribution is 2.34. The van der Waals surface area contributed by atoms with Crippen molar-refractivity contribution in [2.45, 2.75) is 33.1 Å². The molecule has 1 fully saturated rings. The first-order chi connectivity index (χ1) is 12.5. The molecule has 2 heterocycles. The topological polar surface area (TPSA) is 49.4 Å². The molecule has 1 saturated heterocycles. The zero-order valence-electron chi connectivity index (χ0n) is 15.1. The molecule has 4 nitrogen and oxygen atoms in total. The number of benzene rings is 1. The van der Waals surface area contributed by atoms with Crippen LogP contribution in [0.25, 0.3) is 0 Å². The Bertz CT molecular complexity index is 808. The van der Waals surface area contributed by atoms with E-state index in [0.717, 1.165) is 36.4 Å². The lowest BCUT2D eigenvalue weighted by atomic mass is 10.0. The number of rotatable bonds is 5. The number of nitrogens with one attached hydrogen (secondary N) is 1. The number of thiophene rings is 1. The number of hydrogen-bond acceptors (Lipinski definition) is 4. The number of anilines is 1. The second-order valence-corrected chi connectivity index (χ2v) is 8.37. The quantitative estimate of drug-likeness (QED) is 0.754. The van der Waals surface area contributed by atoms with Crippen LogP contribution in [0.15, 0.2) is 24.3 Å². The van der Waals surface area contributed by atoms with Crippen molar-refractivity contribution in [3.63, 3.8) is 0 Å². The lowest BCUT2D eigenvalue weighted by molar-refractivity contribution is -0.117. The van der Waals surface area contributed by atoms with E-state index in [1.807, 2.05) is 13.8 Å². The van der Waals surface area contributed by atoms with E-state index in [-0.39, 0.29) is 11.7 Å². The standard InChI is InChI=1S/C20H23ClN2O2S/c1-13-14(2)26-20(22-17(24)12-23-10-4-3-5-11-23)18(13)19(25)15-6-8-16(21)9-7-15/h6-9H,3-5,10-12H2,1-2H3,(H,22,24). The minimum atomic E-state index is -0.0863. The van der Waals surface area contributed by atoms with Crippen LogP contribution in [0.2, 0.25) is 5.02 Å². The maximum atomic E-state index is 13.0. The Morgan fingerprint density at radius 1 is 1.12 bits per heavy atom. The van der Waals surface area contributed by atoms with Gasteiger partial charge in [0.2, 0.25) is 5.91 Å². The second kappa shape index (κ2) is 8.33. The summed E-state index contributed by atoms with van der Waals surface area (Å²) in [6, 6.07) is 6.85. The van der Waals surface area contributed by atoms with Gasteiger partial charge >= 0.3 is 0 Å². The number of aryl methyl sites for hydroxylation is 1. The maximum absolute atomic E-state index is 13.0. The molecule has 138 valence electrons. The van der Waals surface area contributed by atoms with Gasteiger partial charge in [0.05, 0.1) is 12.1 Å². The van der Waals surface area contributed by atoms with Crippen LogP contribution in [0.5, 0.6) is 0 Å². The number of piperidine rings is 1. The van der Waals surface area contributed by atoms with Crippen molar-refractivity contribution in [1.82, 2.24) is 4.90 Å². The third kappa shape index (κ3) is 4.34. The van der Waals surface area contributed by atoms with Gasteiger partial charge in [-0.05, 0) is 69.6 Å². The molecular formula is C20H23ClN2O2S. The Hall–Kier alpha value is -1.69. The van der Waals surface area contributed by atoms with Crippen LogP contribution < -0.4 is 5.32 Å². The van der Waals surface area contributed by atoms with Gasteiger partial charge in [0.15, 0.2) is 5.78 Å².